The predicted octanol–water partition coefficient (Wildman–Crippen LogP) is 1.52. The molecule has 0 aliphatic carbocycles. The van der Waals surface area contributed by atoms with Crippen molar-refractivity contribution in [3.05, 3.63) is 34.3 Å². The molecule has 1 aromatic rings. The van der Waals surface area contributed by atoms with Gasteiger partial charge in [0.2, 0.25) is 0 Å². The summed E-state index contributed by atoms with van der Waals surface area (Å²) >= 11 is 6.31. The number of aryl methyl sites for hydroxylation is 1. The molecular formula is C15H22ClN3. The fraction of sp³-hybridized carbons (Fsp3) is 0.600. The summed E-state index contributed by atoms with van der Waals surface area (Å²) in [4.78, 5) is 5.08. The van der Waals surface area contributed by atoms with E-state index in [1.165, 1.54) is 37.3 Å². The SMILES string of the molecule is Cc1ccc(CC(N)C2CN3CCN2CC3)c(Cl)c1. The van der Waals surface area contributed by atoms with Crippen LogP contribution < -0.4 is 5.73 Å². The molecule has 2 N–H and O–H groups in total. The Hall–Kier alpha value is -0.610. The number of nitrogens with two attached hydrogens (primary N) is 1. The summed E-state index contributed by atoms with van der Waals surface area (Å²) in [5.41, 5.74) is 8.83. The zero-order valence-corrected chi connectivity index (χ0v) is 12.2. The number of halogens is 1. The third kappa shape index (κ3) is 2.79. The van der Waals surface area contributed by atoms with E-state index in [-0.39, 0.29) is 6.04 Å². The average Bonchev–Trinajstić information content (AvgIpc) is 2.43. The summed E-state index contributed by atoms with van der Waals surface area (Å²) in [5.74, 6) is 0. The van der Waals surface area contributed by atoms with Crippen molar-refractivity contribution in [2.24, 2.45) is 5.73 Å². The largest absolute Gasteiger partial charge is 0.326 e. The van der Waals surface area contributed by atoms with Crippen LogP contribution in [0, 0.1) is 6.92 Å². The fourth-order valence-corrected chi connectivity index (χ4v) is 3.58. The minimum atomic E-state index is 0.170. The highest BCUT2D eigenvalue weighted by molar-refractivity contribution is 6.31. The van der Waals surface area contributed by atoms with Crippen LogP contribution >= 0.6 is 11.6 Å². The van der Waals surface area contributed by atoms with Crippen LogP contribution in [0.5, 0.6) is 0 Å². The third-order valence-electron chi connectivity index (χ3n) is 4.48. The highest BCUT2D eigenvalue weighted by atomic mass is 35.5. The first-order valence-electron chi connectivity index (χ1n) is 7.10. The Morgan fingerprint density at radius 3 is 2.63 bits per heavy atom. The van der Waals surface area contributed by atoms with E-state index in [9.17, 15) is 0 Å². The standard InChI is InChI=1S/C15H22ClN3/c1-11-2-3-12(13(16)8-11)9-14(17)15-10-18-4-6-19(15)7-5-18/h2-3,8,14-15H,4-7,9-10,17H2,1H3. The van der Waals surface area contributed by atoms with Crippen LogP contribution in [0.3, 0.4) is 0 Å². The molecule has 3 aliphatic rings. The van der Waals surface area contributed by atoms with Gasteiger partial charge in [-0.1, -0.05) is 23.7 Å². The molecule has 2 atom stereocenters. The number of benzene rings is 1. The number of hydrogen-bond acceptors (Lipinski definition) is 3. The van der Waals surface area contributed by atoms with Crippen molar-refractivity contribution in [1.82, 2.24) is 9.80 Å². The molecule has 0 spiro atoms. The van der Waals surface area contributed by atoms with Gasteiger partial charge < -0.3 is 5.73 Å². The summed E-state index contributed by atoms with van der Waals surface area (Å²) in [6.07, 6.45) is 0.869. The molecule has 0 aromatic heterocycles. The zero-order chi connectivity index (χ0) is 13.4. The van der Waals surface area contributed by atoms with Gasteiger partial charge in [-0.2, -0.15) is 0 Å². The number of nitrogens with zero attached hydrogens (tertiary/aromatic N) is 2. The Labute approximate surface area is 120 Å². The van der Waals surface area contributed by atoms with Crippen molar-refractivity contribution in [2.75, 3.05) is 32.7 Å². The monoisotopic (exact) mass is 279 g/mol. The van der Waals surface area contributed by atoms with Crippen LogP contribution in [-0.2, 0) is 6.42 Å². The quantitative estimate of drug-likeness (QED) is 0.911. The topological polar surface area (TPSA) is 32.5 Å². The normalized spacial score (nSPS) is 31.4. The Kier molecular flexibility index (Phi) is 3.81. The third-order valence-corrected chi connectivity index (χ3v) is 4.83. The molecule has 0 radical (unpaired) electrons. The first-order chi connectivity index (χ1) is 9.13. The molecule has 3 saturated heterocycles. The van der Waals surface area contributed by atoms with E-state index in [1.54, 1.807) is 0 Å². The second-order valence-electron chi connectivity index (χ2n) is 5.87. The van der Waals surface area contributed by atoms with Crippen LogP contribution in [0.4, 0.5) is 0 Å². The van der Waals surface area contributed by atoms with Gasteiger partial charge in [-0.25, -0.2) is 0 Å². The van der Waals surface area contributed by atoms with Gasteiger partial charge in [-0.3, -0.25) is 9.80 Å². The Morgan fingerprint density at radius 1 is 1.32 bits per heavy atom. The summed E-state index contributed by atoms with van der Waals surface area (Å²) < 4.78 is 0. The summed E-state index contributed by atoms with van der Waals surface area (Å²) in [6.45, 7) is 7.92. The van der Waals surface area contributed by atoms with Gasteiger partial charge in [0, 0.05) is 49.8 Å². The van der Waals surface area contributed by atoms with Crippen LogP contribution in [-0.4, -0.2) is 54.6 Å². The van der Waals surface area contributed by atoms with Crippen molar-refractivity contribution in [2.45, 2.75) is 25.4 Å². The molecule has 0 amide bonds. The van der Waals surface area contributed by atoms with Crippen molar-refractivity contribution in [3.63, 3.8) is 0 Å². The Morgan fingerprint density at radius 2 is 2.05 bits per heavy atom. The molecule has 3 aliphatic heterocycles. The molecule has 3 fully saturated rings. The first kappa shape index (κ1) is 13.4. The lowest BCUT2D eigenvalue weighted by atomic mass is 9.95. The molecule has 4 rings (SSSR count). The minimum Gasteiger partial charge on any atom is -0.326 e. The molecule has 19 heavy (non-hydrogen) atoms. The molecule has 104 valence electrons. The second kappa shape index (κ2) is 5.41. The van der Waals surface area contributed by atoms with Gasteiger partial charge in [0.25, 0.3) is 0 Å². The van der Waals surface area contributed by atoms with Gasteiger partial charge in [0.05, 0.1) is 0 Å². The van der Waals surface area contributed by atoms with Crippen molar-refractivity contribution in [3.8, 4) is 0 Å². The maximum Gasteiger partial charge on any atom is 0.0441 e. The van der Waals surface area contributed by atoms with Gasteiger partial charge in [0.1, 0.15) is 0 Å². The maximum absolute atomic E-state index is 6.45. The lowest BCUT2D eigenvalue weighted by molar-refractivity contribution is 0.00259. The number of hydrogen-bond donors (Lipinski definition) is 1. The predicted molar refractivity (Wildman–Crippen MR) is 79.7 cm³/mol. The Bertz CT molecular complexity index is 455. The number of fused-ring (bicyclic) bond motifs is 3. The van der Waals surface area contributed by atoms with E-state index < -0.39 is 0 Å². The Balaban J connectivity index is 1.69. The molecule has 0 saturated carbocycles. The lowest BCUT2D eigenvalue weighted by Crippen LogP contribution is -2.66. The summed E-state index contributed by atoms with van der Waals surface area (Å²) in [6, 6.07) is 6.92. The maximum atomic E-state index is 6.45. The van der Waals surface area contributed by atoms with Gasteiger partial charge in [-0.05, 0) is 30.5 Å². The number of piperazine rings is 3. The zero-order valence-electron chi connectivity index (χ0n) is 11.5. The summed E-state index contributed by atoms with van der Waals surface area (Å²) in [7, 11) is 0. The van der Waals surface area contributed by atoms with Crippen LogP contribution in [0.25, 0.3) is 0 Å². The minimum absolute atomic E-state index is 0.170. The van der Waals surface area contributed by atoms with E-state index in [2.05, 4.69) is 28.9 Å². The molecule has 3 heterocycles. The molecule has 2 unspecified atom stereocenters. The number of rotatable bonds is 3. The van der Waals surface area contributed by atoms with Gasteiger partial charge in [0.15, 0.2) is 0 Å². The lowest BCUT2D eigenvalue weighted by Gasteiger charge is -2.49. The fourth-order valence-electron chi connectivity index (χ4n) is 3.27. The van der Waals surface area contributed by atoms with Crippen LogP contribution in [0.15, 0.2) is 18.2 Å². The second-order valence-corrected chi connectivity index (χ2v) is 6.27. The van der Waals surface area contributed by atoms with Crippen molar-refractivity contribution in [1.29, 1.82) is 0 Å². The molecule has 2 bridgehead atoms. The summed E-state index contributed by atoms with van der Waals surface area (Å²) in [5, 5.41) is 0.853. The van der Waals surface area contributed by atoms with Crippen molar-refractivity contribution >= 4 is 11.6 Å². The average molecular weight is 280 g/mol. The molecule has 3 nitrogen and oxygen atoms in total. The first-order valence-corrected chi connectivity index (χ1v) is 7.48. The van der Waals surface area contributed by atoms with E-state index in [4.69, 9.17) is 17.3 Å². The van der Waals surface area contributed by atoms with Crippen molar-refractivity contribution < 1.29 is 0 Å². The van der Waals surface area contributed by atoms with E-state index in [0.717, 1.165) is 18.0 Å². The highest BCUT2D eigenvalue weighted by Gasteiger charge is 2.35. The van der Waals surface area contributed by atoms with E-state index >= 15 is 0 Å². The van der Waals surface area contributed by atoms with Crippen LogP contribution in [0.2, 0.25) is 5.02 Å². The van der Waals surface area contributed by atoms with Gasteiger partial charge in [-0.15, -0.1) is 0 Å². The molecular weight excluding hydrogens is 258 g/mol. The van der Waals surface area contributed by atoms with Crippen LogP contribution in [0.1, 0.15) is 11.1 Å². The van der Waals surface area contributed by atoms with E-state index in [1.807, 2.05) is 6.07 Å². The molecule has 4 heteroatoms. The van der Waals surface area contributed by atoms with Gasteiger partial charge >= 0.3 is 0 Å². The molecule has 1 aromatic carbocycles. The van der Waals surface area contributed by atoms with E-state index in [0.29, 0.717) is 6.04 Å². The highest BCUT2D eigenvalue weighted by Crippen LogP contribution is 2.23. The smallest absolute Gasteiger partial charge is 0.0441 e.